The third kappa shape index (κ3) is 4.32. The van der Waals surface area contributed by atoms with Crippen LogP contribution in [-0.2, 0) is 17.6 Å². The number of phenolic OH excluding ortho intramolecular Hbond substituents is 1. The Balaban J connectivity index is 1.87. The number of anilines is 1. The van der Waals surface area contributed by atoms with Crippen molar-refractivity contribution in [2.75, 3.05) is 11.9 Å². The number of amides is 1. The monoisotopic (exact) mass is 291 g/mol. The molecule has 0 saturated carbocycles. The van der Waals surface area contributed by atoms with Crippen molar-refractivity contribution in [2.24, 2.45) is 5.73 Å². The van der Waals surface area contributed by atoms with Gasteiger partial charge in [0, 0.05) is 17.5 Å². The van der Waals surface area contributed by atoms with Gasteiger partial charge in [-0.2, -0.15) is 0 Å². The van der Waals surface area contributed by atoms with E-state index in [9.17, 15) is 4.79 Å². The lowest BCUT2D eigenvalue weighted by molar-refractivity contribution is -0.115. The molecule has 6 heteroatoms. The molecule has 0 radical (unpaired) electrons. The molecule has 0 saturated heterocycles. The van der Waals surface area contributed by atoms with E-state index in [-0.39, 0.29) is 18.1 Å². The lowest BCUT2D eigenvalue weighted by atomic mass is 10.2. The van der Waals surface area contributed by atoms with Gasteiger partial charge in [-0.25, -0.2) is 4.98 Å². The first-order chi connectivity index (χ1) is 9.67. The van der Waals surface area contributed by atoms with Gasteiger partial charge in [-0.3, -0.25) is 4.79 Å². The first-order valence-corrected chi connectivity index (χ1v) is 7.27. The summed E-state index contributed by atoms with van der Waals surface area (Å²) in [4.78, 5) is 16.3. The van der Waals surface area contributed by atoms with E-state index in [0.717, 1.165) is 23.5 Å². The minimum Gasteiger partial charge on any atom is -0.508 e. The van der Waals surface area contributed by atoms with E-state index >= 15 is 0 Å². The maximum atomic E-state index is 11.9. The van der Waals surface area contributed by atoms with E-state index in [1.807, 2.05) is 5.38 Å². The van der Waals surface area contributed by atoms with Crippen LogP contribution in [0, 0.1) is 0 Å². The van der Waals surface area contributed by atoms with Crippen LogP contribution in [0.4, 0.5) is 5.69 Å². The van der Waals surface area contributed by atoms with Gasteiger partial charge in [0.05, 0.1) is 17.1 Å². The molecule has 4 N–H and O–H groups in total. The molecule has 0 atom stereocenters. The number of carbonyl (C=O) groups excluding carboxylic acids is 1. The zero-order valence-electron chi connectivity index (χ0n) is 11.0. The van der Waals surface area contributed by atoms with Gasteiger partial charge in [-0.1, -0.05) is 0 Å². The highest BCUT2D eigenvalue weighted by Crippen LogP contribution is 2.15. The highest BCUT2D eigenvalue weighted by atomic mass is 32.1. The molecule has 0 aliphatic rings. The molecule has 1 amide bonds. The molecular weight excluding hydrogens is 274 g/mol. The molecule has 0 fully saturated rings. The molecule has 2 aromatic rings. The molecule has 106 valence electrons. The minimum absolute atomic E-state index is 0.119. The maximum absolute atomic E-state index is 11.9. The van der Waals surface area contributed by atoms with Gasteiger partial charge in [0.25, 0.3) is 0 Å². The number of benzene rings is 1. The molecule has 0 bridgehead atoms. The maximum Gasteiger partial charge on any atom is 0.230 e. The van der Waals surface area contributed by atoms with E-state index in [4.69, 9.17) is 10.8 Å². The fraction of sp³-hybridized carbons (Fsp3) is 0.286. The summed E-state index contributed by atoms with van der Waals surface area (Å²) in [6, 6.07) is 6.37. The smallest absolute Gasteiger partial charge is 0.230 e. The van der Waals surface area contributed by atoms with E-state index in [1.165, 1.54) is 12.1 Å². The Morgan fingerprint density at radius 1 is 1.35 bits per heavy atom. The number of nitrogens with zero attached hydrogens (tertiary/aromatic N) is 1. The van der Waals surface area contributed by atoms with Crippen molar-refractivity contribution in [3.63, 3.8) is 0 Å². The standard InChI is InChI=1S/C14H17N3O2S/c15-7-1-2-14-17-11(9-20-14)8-13(19)16-10-3-5-12(18)6-4-10/h3-6,9,18H,1-2,7-8,15H2,(H,16,19). The molecule has 5 nitrogen and oxygen atoms in total. The van der Waals surface area contributed by atoms with E-state index in [1.54, 1.807) is 23.5 Å². The molecule has 0 spiro atoms. The van der Waals surface area contributed by atoms with Crippen LogP contribution >= 0.6 is 11.3 Å². The Hall–Kier alpha value is -1.92. The van der Waals surface area contributed by atoms with Crippen LogP contribution in [0.25, 0.3) is 0 Å². The average molecular weight is 291 g/mol. The number of aromatic nitrogens is 1. The SMILES string of the molecule is NCCCc1nc(CC(=O)Nc2ccc(O)cc2)cs1. The van der Waals surface area contributed by atoms with Crippen molar-refractivity contribution in [2.45, 2.75) is 19.3 Å². The topological polar surface area (TPSA) is 88.2 Å². The summed E-state index contributed by atoms with van der Waals surface area (Å²) in [5.41, 5.74) is 6.89. The molecule has 2 rings (SSSR count). The van der Waals surface area contributed by atoms with Crippen LogP contribution in [0.1, 0.15) is 17.1 Å². The average Bonchev–Trinajstić information content (AvgIpc) is 2.86. The summed E-state index contributed by atoms with van der Waals surface area (Å²) >= 11 is 1.56. The molecule has 1 aromatic carbocycles. The number of nitrogens with one attached hydrogen (secondary N) is 1. The fourth-order valence-electron chi connectivity index (χ4n) is 1.71. The van der Waals surface area contributed by atoms with Crippen molar-refractivity contribution in [1.82, 2.24) is 4.98 Å². The second-order valence-corrected chi connectivity index (χ2v) is 5.34. The highest BCUT2D eigenvalue weighted by Gasteiger charge is 2.08. The second-order valence-electron chi connectivity index (χ2n) is 4.40. The zero-order valence-corrected chi connectivity index (χ0v) is 11.8. The van der Waals surface area contributed by atoms with Gasteiger partial charge < -0.3 is 16.2 Å². The van der Waals surface area contributed by atoms with Crippen LogP contribution < -0.4 is 11.1 Å². The van der Waals surface area contributed by atoms with Crippen LogP contribution in [0.2, 0.25) is 0 Å². The molecular formula is C14H17N3O2S. The summed E-state index contributed by atoms with van der Waals surface area (Å²) in [6.07, 6.45) is 2.02. The van der Waals surface area contributed by atoms with E-state index in [0.29, 0.717) is 12.2 Å². The number of hydrogen-bond donors (Lipinski definition) is 3. The molecule has 1 heterocycles. The van der Waals surface area contributed by atoms with Crippen LogP contribution in [-0.4, -0.2) is 22.5 Å². The molecule has 20 heavy (non-hydrogen) atoms. The number of carbonyl (C=O) groups is 1. The Labute approximate surface area is 121 Å². The van der Waals surface area contributed by atoms with Crippen molar-refractivity contribution >= 4 is 22.9 Å². The third-order valence-corrected chi connectivity index (χ3v) is 3.64. The van der Waals surface area contributed by atoms with E-state index < -0.39 is 0 Å². The summed E-state index contributed by atoms with van der Waals surface area (Å²) < 4.78 is 0. The summed E-state index contributed by atoms with van der Waals surface area (Å²) in [5.74, 6) is 0.0541. The predicted molar refractivity (Wildman–Crippen MR) is 79.9 cm³/mol. The largest absolute Gasteiger partial charge is 0.508 e. The minimum atomic E-state index is -0.119. The predicted octanol–water partition coefficient (Wildman–Crippen LogP) is 1.92. The van der Waals surface area contributed by atoms with Crippen molar-refractivity contribution in [3.05, 3.63) is 40.3 Å². The third-order valence-electron chi connectivity index (χ3n) is 2.69. The lowest BCUT2D eigenvalue weighted by Crippen LogP contribution is -2.14. The summed E-state index contributed by atoms with van der Waals surface area (Å²) in [6.45, 7) is 0.649. The van der Waals surface area contributed by atoms with Crippen LogP contribution in [0.15, 0.2) is 29.6 Å². The summed E-state index contributed by atoms with van der Waals surface area (Å²) in [7, 11) is 0. The fourth-order valence-corrected chi connectivity index (χ4v) is 2.55. The number of aromatic hydroxyl groups is 1. The van der Waals surface area contributed by atoms with Crippen molar-refractivity contribution in [1.29, 1.82) is 0 Å². The number of rotatable bonds is 6. The van der Waals surface area contributed by atoms with Gasteiger partial charge in [0.2, 0.25) is 5.91 Å². The first-order valence-electron chi connectivity index (χ1n) is 6.39. The first kappa shape index (κ1) is 14.5. The second kappa shape index (κ2) is 7.02. The zero-order chi connectivity index (χ0) is 14.4. The molecule has 0 aliphatic carbocycles. The number of aryl methyl sites for hydroxylation is 1. The van der Waals surface area contributed by atoms with Gasteiger partial charge >= 0.3 is 0 Å². The van der Waals surface area contributed by atoms with Crippen LogP contribution in [0.3, 0.4) is 0 Å². The Morgan fingerprint density at radius 3 is 2.80 bits per heavy atom. The van der Waals surface area contributed by atoms with Crippen LogP contribution in [0.5, 0.6) is 5.75 Å². The number of phenols is 1. The molecule has 1 aromatic heterocycles. The Bertz CT molecular complexity index is 566. The quantitative estimate of drug-likeness (QED) is 0.709. The number of hydrogen-bond acceptors (Lipinski definition) is 5. The number of thiazole rings is 1. The highest BCUT2D eigenvalue weighted by molar-refractivity contribution is 7.09. The Kier molecular flexibility index (Phi) is 5.09. The van der Waals surface area contributed by atoms with Crippen molar-refractivity contribution < 1.29 is 9.90 Å². The molecule has 0 unspecified atom stereocenters. The normalized spacial score (nSPS) is 10.4. The van der Waals surface area contributed by atoms with Crippen molar-refractivity contribution in [3.8, 4) is 5.75 Å². The van der Waals surface area contributed by atoms with Gasteiger partial charge in [0.1, 0.15) is 5.75 Å². The number of nitrogens with two attached hydrogens (primary N) is 1. The molecule has 0 aliphatic heterocycles. The lowest BCUT2D eigenvalue weighted by Gasteiger charge is -2.03. The van der Waals surface area contributed by atoms with Gasteiger partial charge in [0.15, 0.2) is 0 Å². The van der Waals surface area contributed by atoms with E-state index in [2.05, 4.69) is 10.3 Å². The summed E-state index contributed by atoms with van der Waals surface area (Å²) in [5, 5.41) is 14.9. The Morgan fingerprint density at radius 2 is 2.10 bits per heavy atom. The van der Waals surface area contributed by atoms with Gasteiger partial charge in [-0.05, 0) is 37.2 Å². The van der Waals surface area contributed by atoms with Gasteiger partial charge in [-0.15, -0.1) is 11.3 Å².